The SMILES string of the molecule is O=C(O)C(F)(C(F)(F)F)C(F)(F)N(C(F)F)C(F)F. The minimum Gasteiger partial charge on any atom is -0.478 e. The molecule has 0 radical (unpaired) electrons. The second kappa shape index (κ2) is 5.02. The van der Waals surface area contributed by atoms with E-state index in [2.05, 4.69) is 0 Å². The summed E-state index contributed by atoms with van der Waals surface area (Å²) in [4.78, 5) is 7.19. The van der Waals surface area contributed by atoms with Crippen LogP contribution in [0.2, 0.25) is 0 Å². The summed E-state index contributed by atoms with van der Waals surface area (Å²) in [5.41, 5.74) is -6.63. The van der Waals surface area contributed by atoms with Crippen LogP contribution in [-0.2, 0) is 4.79 Å². The fourth-order valence-corrected chi connectivity index (χ4v) is 0.929. The highest BCUT2D eigenvalue weighted by atomic mass is 19.4. The normalized spacial score (nSPS) is 17.1. The summed E-state index contributed by atoms with van der Waals surface area (Å²) in [7, 11) is 0. The van der Waals surface area contributed by atoms with Crippen LogP contribution in [0.4, 0.5) is 43.9 Å². The number of hydrogen-bond acceptors (Lipinski definition) is 2. The summed E-state index contributed by atoms with van der Waals surface area (Å²) in [5.74, 6) is -3.93. The molecule has 0 aromatic rings. The van der Waals surface area contributed by atoms with Crippen molar-refractivity contribution in [1.29, 1.82) is 0 Å². The van der Waals surface area contributed by atoms with Gasteiger partial charge in [-0.3, -0.25) is 0 Å². The molecule has 19 heavy (non-hydrogen) atoms. The Morgan fingerprint density at radius 2 is 1.21 bits per heavy atom. The first-order chi connectivity index (χ1) is 8.21. The Kier molecular flexibility index (Phi) is 4.68. The van der Waals surface area contributed by atoms with Gasteiger partial charge in [0.25, 0.3) is 0 Å². The lowest BCUT2D eigenvalue weighted by molar-refractivity contribution is -0.373. The molecule has 13 heteroatoms. The lowest BCUT2D eigenvalue weighted by Gasteiger charge is -2.37. The van der Waals surface area contributed by atoms with Crippen LogP contribution in [0.3, 0.4) is 0 Å². The van der Waals surface area contributed by atoms with Gasteiger partial charge >= 0.3 is 37.0 Å². The second-order valence-electron chi connectivity index (χ2n) is 2.97. The first-order valence-electron chi connectivity index (χ1n) is 3.92. The number of rotatable bonds is 5. The zero-order valence-corrected chi connectivity index (χ0v) is 8.24. The second-order valence-corrected chi connectivity index (χ2v) is 2.97. The van der Waals surface area contributed by atoms with E-state index in [-0.39, 0.29) is 0 Å². The van der Waals surface area contributed by atoms with E-state index in [1.54, 1.807) is 0 Å². The first kappa shape index (κ1) is 17.7. The number of nitrogens with zero attached hydrogens (tertiary/aromatic N) is 1. The Bertz CT molecular complexity index is 333. The van der Waals surface area contributed by atoms with Crippen molar-refractivity contribution in [2.45, 2.75) is 31.0 Å². The number of aliphatic carboxylic acids is 1. The van der Waals surface area contributed by atoms with Gasteiger partial charge in [0.2, 0.25) is 0 Å². The minimum atomic E-state index is -6.91. The molecular formula is C6H3F10NO2. The quantitative estimate of drug-likeness (QED) is 0.627. The average molecular weight is 311 g/mol. The molecule has 0 spiro atoms. The fraction of sp³-hybridized carbons (Fsp3) is 0.833. The van der Waals surface area contributed by atoms with Crippen molar-refractivity contribution < 1.29 is 53.8 Å². The smallest absolute Gasteiger partial charge is 0.441 e. The van der Waals surface area contributed by atoms with Crippen molar-refractivity contribution in [3.8, 4) is 0 Å². The predicted octanol–water partition coefficient (Wildman–Crippen LogP) is 2.68. The number of carbonyl (C=O) groups is 1. The Morgan fingerprint density at radius 1 is 0.895 bits per heavy atom. The van der Waals surface area contributed by atoms with Crippen molar-refractivity contribution in [1.82, 2.24) is 4.90 Å². The Morgan fingerprint density at radius 3 is 1.37 bits per heavy atom. The van der Waals surface area contributed by atoms with Gasteiger partial charge in [-0.2, -0.15) is 39.5 Å². The van der Waals surface area contributed by atoms with E-state index in [1.807, 2.05) is 0 Å². The lowest BCUT2D eigenvalue weighted by atomic mass is 10.0. The zero-order valence-electron chi connectivity index (χ0n) is 8.24. The number of alkyl halides is 10. The molecule has 1 unspecified atom stereocenters. The maximum atomic E-state index is 13.0. The van der Waals surface area contributed by atoms with Crippen LogP contribution in [-0.4, -0.2) is 47.0 Å². The van der Waals surface area contributed by atoms with Crippen LogP contribution < -0.4 is 0 Å². The molecule has 3 nitrogen and oxygen atoms in total. The maximum Gasteiger partial charge on any atom is 0.441 e. The molecule has 0 aliphatic carbocycles. The topological polar surface area (TPSA) is 40.5 Å². The summed E-state index contributed by atoms with van der Waals surface area (Å²) in [5, 5.41) is 7.82. The Balaban J connectivity index is 6.00. The van der Waals surface area contributed by atoms with Gasteiger partial charge in [0.1, 0.15) is 0 Å². The highest BCUT2D eigenvalue weighted by Gasteiger charge is 2.80. The molecule has 0 amide bonds. The number of hydrogen-bond donors (Lipinski definition) is 1. The van der Waals surface area contributed by atoms with E-state index in [4.69, 9.17) is 5.11 Å². The third kappa shape index (κ3) is 2.69. The minimum absolute atomic E-state index is 2.78. The van der Waals surface area contributed by atoms with E-state index < -0.39 is 41.9 Å². The van der Waals surface area contributed by atoms with Gasteiger partial charge in [-0.15, -0.1) is 4.90 Å². The largest absolute Gasteiger partial charge is 0.478 e. The Hall–Kier alpha value is -1.27. The van der Waals surface area contributed by atoms with Gasteiger partial charge in [0.05, 0.1) is 0 Å². The van der Waals surface area contributed by atoms with Gasteiger partial charge in [-0.1, -0.05) is 0 Å². The van der Waals surface area contributed by atoms with Gasteiger partial charge < -0.3 is 5.11 Å². The standard InChI is InChI=1S/C6H3F10NO2/c7-2(8)17(3(9)10)6(15,16)4(11,1(18)19)5(12,13)14/h2-3H,(H,18,19). The molecule has 1 N–H and O–H groups in total. The van der Waals surface area contributed by atoms with E-state index in [0.717, 1.165) is 0 Å². The highest BCUT2D eigenvalue weighted by Crippen LogP contribution is 2.48. The van der Waals surface area contributed by atoms with Crippen LogP contribution in [0.5, 0.6) is 0 Å². The number of carboxylic acids is 1. The predicted molar refractivity (Wildman–Crippen MR) is 36.3 cm³/mol. The molecule has 0 aliphatic rings. The molecule has 0 saturated heterocycles. The van der Waals surface area contributed by atoms with Crippen LogP contribution in [0.15, 0.2) is 0 Å². The van der Waals surface area contributed by atoms with Crippen LogP contribution in [0.1, 0.15) is 0 Å². The molecule has 0 aromatic heterocycles. The summed E-state index contributed by atoms with van der Waals surface area (Å²) in [6, 6.07) is -6.74. The molecule has 0 heterocycles. The van der Waals surface area contributed by atoms with Crippen molar-refractivity contribution in [3.63, 3.8) is 0 Å². The van der Waals surface area contributed by atoms with Crippen molar-refractivity contribution >= 4 is 5.97 Å². The molecule has 0 fully saturated rings. The molecule has 114 valence electrons. The number of halogens is 10. The summed E-state index contributed by atoms with van der Waals surface area (Å²) in [6.45, 7) is -9.88. The maximum absolute atomic E-state index is 13.0. The molecule has 1 atom stereocenters. The third-order valence-corrected chi connectivity index (χ3v) is 1.84. The van der Waals surface area contributed by atoms with Crippen LogP contribution in [0, 0.1) is 0 Å². The van der Waals surface area contributed by atoms with Gasteiger partial charge in [0, 0.05) is 0 Å². The zero-order chi connectivity index (χ0) is 15.8. The van der Waals surface area contributed by atoms with Crippen molar-refractivity contribution in [2.24, 2.45) is 0 Å². The molecule has 0 aliphatic heterocycles. The first-order valence-corrected chi connectivity index (χ1v) is 3.92. The summed E-state index contributed by atoms with van der Waals surface area (Å²) in [6.07, 6.45) is -6.91. The molecule has 0 saturated carbocycles. The van der Waals surface area contributed by atoms with E-state index in [1.165, 1.54) is 0 Å². The van der Waals surface area contributed by atoms with E-state index in [0.29, 0.717) is 0 Å². The third-order valence-electron chi connectivity index (χ3n) is 1.84. The van der Waals surface area contributed by atoms with E-state index >= 15 is 0 Å². The van der Waals surface area contributed by atoms with Gasteiger partial charge in [0.15, 0.2) is 0 Å². The fourth-order valence-electron chi connectivity index (χ4n) is 0.929. The lowest BCUT2D eigenvalue weighted by Crippen LogP contribution is -2.69. The van der Waals surface area contributed by atoms with Crippen LogP contribution >= 0.6 is 0 Å². The summed E-state index contributed by atoms with van der Waals surface area (Å²) >= 11 is 0. The van der Waals surface area contributed by atoms with Crippen molar-refractivity contribution in [2.75, 3.05) is 0 Å². The van der Waals surface area contributed by atoms with Crippen LogP contribution in [0.25, 0.3) is 0 Å². The average Bonchev–Trinajstić information content (AvgIpc) is 2.11. The molecule has 0 aromatic carbocycles. The van der Waals surface area contributed by atoms with Gasteiger partial charge in [-0.05, 0) is 0 Å². The monoisotopic (exact) mass is 311 g/mol. The molecule has 0 bridgehead atoms. The van der Waals surface area contributed by atoms with Gasteiger partial charge in [-0.25, -0.2) is 9.18 Å². The van der Waals surface area contributed by atoms with Crippen molar-refractivity contribution in [3.05, 3.63) is 0 Å². The highest BCUT2D eigenvalue weighted by molar-refractivity contribution is 5.80. The summed E-state index contributed by atoms with van der Waals surface area (Å²) < 4.78 is 122. The Labute approximate surface area is 96.9 Å². The number of carboxylic acid groups (broad SMARTS) is 1. The molecular weight excluding hydrogens is 308 g/mol. The van der Waals surface area contributed by atoms with E-state index in [9.17, 15) is 48.7 Å². The molecule has 0 rings (SSSR count).